The second kappa shape index (κ2) is 22.9. The average Bonchev–Trinajstić information content (AvgIpc) is 3.02. The van der Waals surface area contributed by atoms with Crippen LogP contribution >= 0.6 is 17.7 Å². The lowest BCUT2D eigenvalue weighted by atomic mass is 10.0. The van der Waals surface area contributed by atoms with Gasteiger partial charge in [-0.2, -0.15) is 9.90 Å². The minimum atomic E-state index is -4.67. The van der Waals surface area contributed by atoms with Crippen LogP contribution in [0.15, 0.2) is 42.5 Å². The fourth-order valence-corrected chi connectivity index (χ4v) is 5.28. The molecule has 2 aromatic rings. The molecule has 7 N–H and O–H groups in total. The lowest BCUT2D eigenvalue weighted by molar-refractivity contribution is -0.132. The van der Waals surface area contributed by atoms with Crippen LogP contribution in [0.25, 0.3) is 0 Å². The second-order valence-electron chi connectivity index (χ2n) is 11.1. The van der Waals surface area contributed by atoms with E-state index < -0.39 is 57.4 Å². The van der Waals surface area contributed by atoms with Crippen LogP contribution in [0.4, 0.5) is 0 Å². The molecule has 0 saturated heterocycles. The minimum absolute atomic E-state index is 0. The molecule has 0 spiro atoms. The number of rotatable bonds is 20. The van der Waals surface area contributed by atoms with E-state index in [1.165, 1.54) is 7.11 Å². The van der Waals surface area contributed by atoms with Gasteiger partial charge in [0.15, 0.2) is 11.5 Å². The van der Waals surface area contributed by atoms with E-state index in [9.17, 15) is 33.7 Å². The van der Waals surface area contributed by atoms with Gasteiger partial charge in [-0.1, -0.05) is 51.6 Å². The summed E-state index contributed by atoms with van der Waals surface area (Å²) in [5, 5.41) is 22.7. The van der Waals surface area contributed by atoms with Crippen molar-refractivity contribution in [3.63, 3.8) is 0 Å². The number of methoxy groups -OCH3 is 1. The van der Waals surface area contributed by atoms with Crippen LogP contribution in [0, 0.1) is 12.8 Å². The van der Waals surface area contributed by atoms with E-state index in [0.717, 1.165) is 11.1 Å². The van der Waals surface area contributed by atoms with Crippen LogP contribution in [0.5, 0.6) is 11.5 Å². The summed E-state index contributed by atoms with van der Waals surface area (Å²) in [4.78, 5) is 61.2. The maximum atomic E-state index is 13.3. The van der Waals surface area contributed by atoms with Gasteiger partial charge in [-0.15, -0.1) is 0 Å². The molecule has 0 fully saturated rings. The van der Waals surface area contributed by atoms with Crippen molar-refractivity contribution in [1.29, 1.82) is 0 Å². The zero-order chi connectivity index (χ0) is 35.0. The van der Waals surface area contributed by atoms with E-state index >= 15 is 0 Å². The van der Waals surface area contributed by atoms with Gasteiger partial charge in [0.25, 0.3) is 0 Å². The SMILES string of the molecule is C.CNCC(=O)NC(Cc1ccccc1)C(=O)NC(CC(C)C)C(=O)NCC(=O)NCCOP(=O)(O)Oc1c(CO)cc(C)cc1OC.P. The molecule has 4 amide bonds. The molecule has 17 heteroatoms. The number of hydrogen-bond acceptors (Lipinski definition) is 10. The van der Waals surface area contributed by atoms with Crippen molar-refractivity contribution in [2.75, 3.05) is 40.4 Å². The highest BCUT2D eigenvalue weighted by Gasteiger charge is 2.29. The van der Waals surface area contributed by atoms with Gasteiger partial charge in [-0.05, 0) is 49.6 Å². The molecule has 0 aliphatic rings. The van der Waals surface area contributed by atoms with Gasteiger partial charge >= 0.3 is 7.82 Å². The van der Waals surface area contributed by atoms with Crippen LogP contribution in [-0.2, 0) is 41.3 Å². The topological polar surface area (TPSA) is 214 Å². The van der Waals surface area contributed by atoms with Crippen LogP contribution in [0.3, 0.4) is 0 Å². The summed E-state index contributed by atoms with van der Waals surface area (Å²) in [6, 6.07) is 10.3. The number of nitrogens with one attached hydrogen (secondary N) is 5. The first kappa shape index (κ1) is 45.4. The predicted octanol–water partition coefficient (Wildman–Crippen LogP) is 1.40. The Hall–Kier alpha value is -3.58. The molecule has 0 bridgehead atoms. The predicted molar refractivity (Wildman–Crippen MR) is 191 cm³/mol. The molecule has 0 aliphatic heterocycles. The third-order valence-corrected chi connectivity index (χ3v) is 7.51. The molecule has 0 aliphatic carbocycles. The Morgan fingerprint density at radius 1 is 0.939 bits per heavy atom. The summed E-state index contributed by atoms with van der Waals surface area (Å²) in [7, 11) is -1.72. The van der Waals surface area contributed by atoms with E-state index in [1.807, 2.05) is 44.2 Å². The zero-order valence-corrected chi connectivity index (χ0v) is 30.3. The zero-order valence-electron chi connectivity index (χ0n) is 28.0. The summed E-state index contributed by atoms with van der Waals surface area (Å²) in [6.45, 7) is 3.98. The van der Waals surface area contributed by atoms with Crippen molar-refractivity contribution >= 4 is 41.4 Å². The maximum Gasteiger partial charge on any atom is 0.527 e. The van der Waals surface area contributed by atoms with Gasteiger partial charge in [0.1, 0.15) is 12.1 Å². The van der Waals surface area contributed by atoms with Gasteiger partial charge < -0.3 is 41.0 Å². The van der Waals surface area contributed by atoms with Crippen molar-refractivity contribution in [3.05, 3.63) is 59.2 Å². The number of benzene rings is 2. The first-order valence-electron chi connectivity index (χ1n) is 15.1. The molecule has 2 aromatic carbocycles. The first-order chi connectivity index (χ1) is 22.3. The molecule has 15 nitrogen and oxygen atoms in total. The summed E-state index contributed by atoms with van der Waals surface area (Å²) in [5.74, 6) is -2.16. The fraction of sp³-hybridized carbons (Fsp3) is 0.500. The molecular weight excluding hydrogens is 676 g/mol. The number of carbonyl (C=O) groups excluding carboxylic acids is 4. The number of amides is 4. The third-order valence-electron chi connectivity index (χ3n) is 6.59. The Morgan fingerprint density at radius 2 is 1.61 bits per heavy atom. The normalized spacial score (nSPS) is 13.0. The molecule has 0 saturated carbocycles. The van der Waals surface area contributed by atoms with E-state index in [1.54, 1.807) is 26.1 Å². The number of ether oxygens (including phenoxy) is 1. The lowest BCUT2D eigenvalue weighted by Gasteiger charge is -2.24. The number of phosphoric acid groups is 1. The minimum Gasteiger partial charge on any atom is -0.493 e. The highest BCUT2D eigenvalue weighted by molar-refractivity contribution is 7.47. The maximum absolute atomic E-state index is 13.3. The highest BCUT2D eigenvalue weighted by Crippen LogP contribution is 2.48. The fourth-order valence-electron chi connectivity index (χ4n) is 4.47. The van der Waals surface area contributed by atoms with E-state index in [4.69, 9.17) is 13.8 Å². The molecule has 4 unspecified atom stereocenters. The molecule has 0 radical (unpaired) electrons. The van der Waals surface area contributed by atoms with Gasteiger partial charge in [0.05, 0.1) is 33.4 Å². The molecule has 0 heterocycles. The van der Waals surface area contributed by atoms with Crippen LogP contribution in [0.1, 0.15) is 44.4 Å². The average molecular weight is 730 g/mol. The number of carbonyl (C=O) groups is 4. The van der Waals surface area contributed by atoms with Gasteiger partial charge in [0.2, 0.25) is 23.6 Å². The van der Waals surface area contributed by atoms with Crippen molar-refractivity contribution < 1.29 is 47.5 Å². The standard InChI is InChI=1S/C31H46N5O10P.CH4.H3P/c1-20(2)13-24(36-31(41)25(35-28(39)17-32-4)16-22-9-7-6-8-10-22)30(40)34-18-27(38)33-11-12-45-47(42,43)46-29-23(19-37)14-21(3)15-26(29)44-5;;/h6-10,14-15,20,24-25,32,37H,11-13,16-19H2,1-5H3,(H,33,38)(H,34,40)(H,35,39)(H,36,41)(H,42,43);1H4;1H3. The summed E-state index contributed by atoms with van der Waals surface area (Å²) >= 11 is 0. The van der Waals surface area contributed by atoms with Gasteiger partial charge in [0, 0.05) is 18.5 Å². The number of aryl methyl sites for hydroxylation is 1. The summed E-state index contributed by atoms with van der Waals surface area (Å²) in [6.07, 6.45) is 0.473. The Bertz CT molecular complexity index is 1370. The van der Waals surface area contributed by atoms with Gasteiger partial charge in [-0.3, -0.25) is 28.6 Å². The molecular formula is C32H53N5O10P2. The largest absolute Gasteiger partial charge is 0.527 e. The number of aliphatic hydroxyl groups is 1. The lowest BCUT2D eigenvalue weighted by Crippen LogP contribution is -2.56. The number of aliphatic hydroxyl groups excluding tert-OH is 1. The van der Waals surface area contributed by atoms with E-state index in [0.29, 0.717) is 0 Å². The molecule has 2 rings (SSSR count). The Morgan fingerprint density at radius 3 is 2.20 bits per heavy atom. The molecule has 276 valence electrons. The first-order valence-corrected chi connectivity index (χ1v) is 16.6. The van der Waals surface area contributed by atoms with Gasteiger partial charge in [-0.25, -0.2) is 4.57 Å². The highest BCUT2D eigenvalue weighted by atomic mass is 31.2. The van der Waals surface area contributed by atoms with Crippen molar-refractivity contribution in [3.8, 4) is 11.5 Å². The molecule has 49 heavy (non-hydrogen) atoms. The van der Waals surface area contributed by atoms with E-state index in [2.05, 4.69) is 26.6 Å². The Labute approximate surface area is 291 Å². The Kier molecular flexibility index (Phi) is 21.3. The number of hydrogen-bond donors (Lipinski definition) is 7. The Balaban J connectivity index is 0.0000115. The second-order valence-corrected chi connectivity index (χ2v) is 12.5. The molecule has 4 atom stereocenters. The smallest absolute Gasteiger partial charge is 0.493 e. The third kappa shape index (κ3) is 16.6. The number of phosphoric ester groups is 1. The summed E-state index contributed by atoms with van der Waals surface area (Å²) in [5.41, 5.74) is 1.78. The van der Waals surface area contributed by atoms with E-state index in [-0.39, 0.29) is 72.1 Å². The molecule has 0 aromatic heterocycles. The van der Waals surface area contributed by atoms with Crippen LogP contribution < -0.4 is 35.8 Å². The quantitative estimate of drug-likeness (QED) is 0.0765. The van der Waals surface area contributed by atoms with Crippen LogP contribution in [0.2, 0.25) is 0 Å². The van der Waals surface area contributed by atoms with Crippen molar-refractivity contribution in [2.24, 2.45) is 5.92 Å². The van der Waals surface area contributed by atoms with Crippen molar-refractivity contribution in [2.45, 2.75) is 59.7 Å². The van der Waals surface area contributed by atoms with Crippen molar-refractivity contribution in [1.82, 2.24) is 26.6 Å². The number of likely N-dealkylation sites (N-methyl/N-ethyl adjacent to an activating group) is 1. The van der Waals surface area contributed by atoms with Crippen LogP contribution in [-0.4, -0.2) is 86.1 Å². The monoisotopic (exact) mass is 729 g/mol. The summed E-state index contributed by atoms with van der Waals surface area (Å²) < 4.78 is 27.8.